The molecule has 4 amide bonds. The van der Waals surface area contributed by atoms with Crippen molar-refractivity contribution in [2.75, 3.05) is 0 Å². The predicted octanol–water partition coefficient (Wildman–Crippen LogP) is -2.40. The molecule has 5 atom stereocenters. The van der Waals surface area contributed by atoms with Crippen molar-refractivity contribution < 1.29 is 39.0 Å². The van der Waals surface area contributed by atoms with Crippen LogP contribution in [0.3, 0.4) is 0 Å². The van der Waals surface area contributed by atoms with E-state index in [-0.39, 0.29) is 12.3 Å². The second kappa shape index (κ2) is 14.4. The molecule has 15 heteroatoms. The average Bonchev–Trinajstić information content (AvgIpc) is 3.32. The van der Waals surface area contributed by atoms with E-state index in [1.54, 1.807) is 6.92 Å². The monoisotopic (exact) mass is 511 g/mol. The van der Waals surface area contributed by atoms with Crippen LogP contribution in [0.5, 0.6) is 0 Å². The molecular weight excluding hydrogens is 478 g/mol. The second-order valence-electron chi connectivity index (χ2n) is 8.32. The van der Waals surface area contributed by atoms with Gasteiger partial charge in [0, 0.05) is 24.7 Å². The van der Waals surface area contributed by atoms with Gasteiger partial charge in [0.05, 0.1) is 18.8 Å². The van der Waals surface area contributed by atoms with Crippen LogP contribution in [-0.2, 0) is 35.2 Å². The van der Waals surface area contributed by atoms with Gasteiger partial charge in [-0.1, -0.05) is 20.3 Å². The summed E-state index contributed by atoms with van der Waals surface area (Å²) in [4.78, 5) is 78.8. The maximum Gasteiger partial charge on any atom is 0.326 e. The molecule has 5 unspecified atom stereocenters. The van der Waals surface area contributed by atoms with Crippen LogP contribution in [0.15, 0.2) is 12.5 Å². The lowest BCUT2D eigenvalue weighted by Crippen LogP contribution is -2.58. The number of imidazole rings is 1. The Labute approximate surface area is 206 Å². The van der Waals surface area contributed by atoms with Gasteiger partial charge in [-0.3, -0.25) is 24.0 Å². The average molecular weight is 512 g/mol. The van der Waals surface area contributed by atoms with E-state index in [2.05, 4.69) is 25.9 Å². The Morgan fingerprint density at radius 1 is 1.00 bits per heavy atom. The fourth-order valence-electron chi connectivity index (χ4n) is 3.09. The number of amides is 4. The van der Waals surface area contributed by atoms with Crippen molar-refractivity contribution in [1.82, 2.24) is 25.9 Å². The van der Waals surface area contributed by atoms with Gasteiger partial charge in [-0.15, -0.1) is 0 Å². The molecule has 1 rings (SSSR count). The van der Waals surface area contributed by atoms with Gasteiger partial charge in [0.1, 0.15) is 18.1 Å². The van der Waals surface area contributed by atoms with Gasteiger partial charge in [0.25, 0.3) is 0 Å². The number of rotatable bonds is 16. The van der Waals surface area contributed by atoms with Gasteiger partial charge in [0.2, 0.25) is 23.6 Å². The molecule has 1 aromatic heterocycles. The maximum absolute atomic E-state index is 12.9. The highest BCUT2D eigenvalue weighted by molar-refractivity contribution is 5.96. The zero-order chi connectivity index (χ0) is 27.4. The highest BCUT2D eigenvalue weighted by Crippen LogP contribution is 2.07. The summed E-state index contributed by atoms with van der Waals surface area (Å²) in [5.41, 5.74) is 11.5. The van der Waals surface area contributed by atoms with E-state index in [0.29, 0.717) is 12.1 Å². The summed E-state index contributed by atoms with van der Waals surface area (Å²) in [6.07, 6.45) is 1.56. The molecule has 10 N–H and O–H groups in total. The molecule has 0 radical (unpaired) electrons. The molecule has 0 fully saturated rings. The zero-order valence-electron chi connectivity index (χ0n) is 20.0. The van der Waals surface area contributed by atoms with Gasteiger partial charge in [0.15, 0.2) is 0 Å². The smallest absolute Gasteiger partial charge is 0.326 e. The van der Waals surface area contributed by atoms with Crippen molar-refractivity contribution in [3.63, 3.8) is 0 Å². The first-order chi connectivity index (χ1) is 16.8. The van der Waals surface area contributed by atoms with Crippen molar-refractivity contribution in [2.24, 2.45) is 17.4 Å². The summed E-state index contributed by atoms with van der Waals surface area (Å²) < 4.78 is 0. The number of aromatic nitrogens is 2. The molecule has 200 valence electrons. The standard InChI is InChI=1S/C21H33N7O8/c1-3-10(2)17(23)20(34)27-13(7-15(22)29)19(33)26-12(4-5-16(30)31)18(32)28-14(21(35)36)6-11-8-24-9-25-11/h8-10,12-14,17H,3-7,23H2,1-2H3,(H2,22,29)(H,24,25)(H,26,33)(H,27,34)(H,28,32)(H,30,31)(H,35,36). The third-order valence-corrected chi connectivity index (χ3v) is 5.47. The number of primary amides is 1. The fourth-order valence-corrected chi connectivity index (χ4v) is 3.09. The Morgan fingerprint density at radius 2 is 1.58 bits per heavy atom. The number of carboxylic acid groups (broad SMARTS) is 2. The summed E-state index contributed by atoms with van der Waals surface area (Å²) in [6, 6.07) is -5.39. The van der Waals surface area contributed by atoms with E-state index in [0.717, 1.165) is 0 Å². The van der Waals surface area contributed by atoms with E-state index in [1.807, 2.05) is 6.92 Å². The van der Waals surface area contributed by atoms with Crippen molar-refractivity contribution >= 4 is 35.6 Å². The lowest BCUT2D eigenvalue weighted by molar-refractivity contribution is -0.143. The maximum atomic E-state index is 12.9. The highest BCUT2D eigenvalue weighted by Gasteiger charge is 2.32. The van der Waals surface area contributed by atoms with E-state index in [9.17, 15) is 33.9 Å². The molecule has 0 saturated carbocycles. The van der Waals surface area contributed by atoms with Gasteiger partial charge in [-0.2, -0.15) is 0 Å². The topological polar surface area (TPSA) is 260 Å². The van der Waals surface area contributed by atoms with Crippen molar-refractivity contribution in [1.29, 1.82) is 0 Å². The number of carbonyl (C=O) groups is 6. The first kappa shape index (κ1) is 30.0. The molecule has 0 bridgehead atoms. The minimum atomic E-state index is -1.49. The van der Waals surface area contributed by atoms with Gasteiger partial charge in [-0.25, -0.2) is 9.78 Å². The number of nitrogens with zero attached hydrogens (tertiary/aromatic N) is 1. The Balaban J connectivity index is 3.04. The molecule has 1 heterocycles. The number of hydrogen-bond donors (Lipinski definition) is 8. The van der Waals surface area contributed by atoms with Crippen LogP contribution in [0.4, 0.5) is 0 Å². The van der Waals surface area contributed by atoms with Gasteiger partial charge >= 0.3 is 11.9 Å². The number of nitrogens with one attached hydrogen (secondary N) is 4. The van der Waals surface area contributed by atoms with Crippen LogP contribution < -0.4 is 27.4 Å². The molecule has 1 aromatic rings. The van der Waals surface area contributed by atoms with Crippen LogP contribution in [0.25, 0.3) is 0 Å². The number of carboxylic acids is 2. The van der Waals surface area contributed by atoms with Crippen molar-refractivity contribution in [2.45, 2.75) is 70.1 Å². The molecular formula is C21H33N7O8. The van der Waals surface area contributed by atoms with E-state index in [1.165, 1.54) is 12.5 Å². The molecule has 36 heavy (non-hydrogen) atoms. The molecule has 0 saturated heterocycles. The lowest BCUT2D eigenvalue weighted by atomic mass is 9.99. The highest BCUT2D eigenvalue weighted by atomic mass is 16.4. The number of nitrogens with two attached hydrogens (primary N) is 2. The first-order valence-electron chi connectivity index (χ1n) is 11.2. The van der Waals surface area contributed by atoms with Crippen LogP contribution in [0.1, 0.15) is 45.2 Å². The Hall–Kier alpha value is -4.01. The minimum Gasteiger partial charge on any atom is -0.481 e. The van der Waals surface area contributed by atoms with Crippen LogP contribution in [0.2, 0.25) is 0 Å². The van der Waals surface area contributed by atoms with Crippen LogP contribution in [-0.4, -0.2) is 79.9 Å². The Kier molecular flexibility index (Phi) is 12.0. The summed E-state index contributed by atoms with van der Waals surface area (Å²) in [7, 11) is 0. The SMILES string of the molecule is CCC(C)C(N)C(=O)NC(CC(N)=O)C(=O)NC(CCC(=O)O)C(=O)NC(Cc1cnc[nH]1)C(=O)O. The minimum absolute atomic E-state index is 0.158. The molecule has 0 aliphatic heterocycles. The van der Waals surface area contributed by atoms with E-state index < -0.39 is 79.0 Å². The zero-order valence-corrected chi connectivity index (χ0v) is 20.0. The lowest BCUT2D eigenvalue weighted by Gasteiger charge is -2.25. The number of aliphatic carboxylic acids is 2. The number of hydrogen-bond acceptors (Lipinski definition) is 8. The molecule has 0 spiro atoms. The first-order valence-corrected chi connectivity index (χ1v) is 11.2. The normalized spacial score (nSPS) is 15.0. The molecule has 0 aliphatic carbocycles. The fraction of sp³-hybridized carbons (Fsp3) is 0.571. The predicted molar refractivity (Wildman–Crippen MR) is 124 cm³/mol. The molecule has 15 nitrogen and oxygen atoms in total. The number of H-pyrrole nitrogens is 1. The van der Waals surface area contributed by atoms with Crippen molar-refractivity contribution in [3.8, 4) is 0 Å². The summed E-state index contributed by atoms with van der Waals surface area (Å²) in [5, 5.41) is 25.3. The third-order valence-electron chi connectivity index (χ3n) is 5.47. The van der Waals surface area contributed by atoms with Crippen molar-refractivity contribution in [3.05, 3.63) is 18.2 Å². The second-order valence-corrected chi connectivity index (χ2v) is 8.32. The Morgan fingerprint density at radius 3 is 2.08 bits per heavy atom. The van der Waals surface area contributed by atoms with Crippen LogP contribution >= 0.6 is 0 Å². The van der Waals surface area contributed by atoms with Crippen LogP contribution in [0, 0.1) is 5.92 Å². The number of carbonyl (C=O) groups excluding carboxylic acids is 4. The summed E-state index contributed by atoms with van der Waals surface area (Å²) in [6.45, 7) is 3.54. The Bertz CT molecular complexity index is 937. The summed E-state index contributed by atoms with van der Waals surface area (Å²) in [5.74, 6) is -6.50. The molecule has 0 aliphatic rings. The summed E-state index contributed by atoms with van der Waals surface area (Å²) >= 11 is 0. The van der Waals surface area contributed by atoms with Gasteiger partial charge < -0.3 is 42.6 Å². The number of aromatic amines is 1. The third kappa shape index (κ3) is 10.1. The van der Waals surface area contributed by atoms with E-state index >= 15 is 0 Å². The van der Waals surface area contributed by atoms with E-state index in [4.69, 9.17) is 16.6 Å². The quantitative estimate of drug-likeness (QED) is 0.117. The molecule has 0 aromatic carbocycles. The van der Waals surface area contributed by atoms with Gasteiger partial charge in [-0.05, 0) is 12.3 Å². The largest absolute Gasteiger partial charge is 0.481 e.